The maximum atomic E-state index is 6.56. The minimum Gasteiger partial charge on any atom is -0.455 e. The summed E-state index contributed by atoms with van der Waals surface area (Å²) in [7, 11) is 0. The number of hydrogen-bond donors (Lipinski definition) is 0. The minimum absolute atomic E-state index is 0.889. The smallest absolute Gasteiger partial charge is 0.143 e. The third-order valence-electron chi connectivity index (χ3n) is 12.2. The van der Waals surface area contributed by atoms with Gasteiger partial charge in [0.2, 0.25) is 0 Å². The van der Waals surface area contributed by atoms with Gasteiger partial charge in [-0.05, 0) is 112 Å². The van der Waals surface area contributed by atoms with Gasteiger partial charge in [0.25, 0.3) is 0 Å². The summed E-state index contributed by atoms with van der Waals surface area (Å²) < 4.78 is 8.95. The summed E-state index contributed by atoms with van der Waals surface area (Å²) in [6, 6.07) is 75.8. The van der Waals surface area contributed by atoms with E-state index in [4.69, 9.17) is 4.42 Å². The molecule has 0 saturated carbocycles. The van der Waals surface area contributed by atoms with Crippen LogP contribution in [0.2, 0.25) is 0 Å². The first-order valence-corrected chi connectivity index (χ1v) is 21.1. The highest BCUT2D eigenvalue weighted by molar-refractivity contribution is 6.19. The first-order valence-electron chi connectivity index (χ1n) is 21.1. The van der Waals surface area contributed by atoms with Gasteiger partial charge in [-0.25, -0.2) is 0 Å². The van der Waals surface area contributed by atoms with Crippen LogP contribution in [0, 0.1) is 6.92 Å². The number of rotatable bonds is 9. The van der Waals surface area contributed by atoms with Crippen LogP contribution in [-0.4, -0.2) is 4.57 Å². The second-order valence-electron chi connectivity index (χ2n) is 15.8. The van der Waals surface area contributed by atoms with Gasteiger partial charge in [0.15, 0.2) is 0 Å². The van der Waals surface area contributed by atoms with Crippen LogP contribution in [0.5, 0.6) is 0 Å². The number of anilines is 3. The van der Waals surface area contributed by atoms with Crippen molar-refractivity contribution in [1.82, 2.24) is 4.57 Å². The highest BCUT2D eigenvalue weighted by Gasteiger charge is 2.22. The van der Waals surface area contributed by atoms with Crippen LogP contribution in [0.4, 0.5) is 17.1 Å². The average molecular weight is 795 g/mol. The molecule has 0 radical (unpaired) electrons. The fraction of sp³-hybridized carbons (Fsp3) is 0.0169. The number of nitrogens with zero attached hydrogens (tertiary/aromatic N) is 2. The quantitative estimate of drug-likeness (QED) is 0.136. The van der Waals surface area contributed by atoms with Gasteiger partial charge in [0.1, 0.15) is 11.2 Å². The molecular formula is C59H42N2O. The van der Waals surface area contributed by atoms with Crippen molar-refractivity contribution in [2.24, 2.45) is 0 Å². The molecule has 0 saturated heterocycles. The first-order chi connectivity index (χ1) is 30.6. The lowest BCUT2D eigenvalue weighted by Gasteiger charge is -2.27. The minimum atomic E-state index is 0.889. The van der Waals surface area contributed by atoms with E-state index < -0.39 is 0 Å². The van der Waals surface area contributed by atoms with Gasteiger partial charge in [0, 0.05) is 49.9 Å². The van der Waals surface area contributed by atoms with Gasteiger partial charge in [0.05, 0.1) is 11.2 Å². The van der Waals surface area contributed by atoms with E-state index in [-0.39, 0.29) is 0 Å². The predicted octanol–water partition coefficient (Wildman–Crippen LogP) is 16.4. The van der Waals surface area contributed by atoms with Crippen LogP contribution in [-0.2, 0) is 0 Å². The van der Waals surface area contributed by atoms with Crippen LogP contribution in [0.15, 0.2) is 235 Å². The molecule has 294 valence electrons. The third kappa shape index (κ3) is 6.31. The van der Waals surface area contributed by atoms with E-state index >= 15 is 0 Å². The van der Waals surface area contributed by atoms with E-state index in [1.807, 2.05) is 6.08 Å². The van der Waals surface area contributed by atoms with Gasteiger partial charge in [-0.2, -0.15) is 0 Å². The second kappa shape index (κ2) is 15.5. The van der Waals surface area contributed by atoms with Crippen LogP contribution in [0.3, 0.4) is 0 Å². The number of allylic oxidation sites excluding steroid dienone is 2. The molecule has 0 unspecified atom stereocenters. The highest BCUT2D eigenvalue weighted by Crippen LogP contribution is 2.43. The Morgan fingerprint density at radius 3 is 1.94 bits per heavy atom. The third-order valence-corrected chi connectivity index (χ3v) is 12.2. The van der Waals surface area contributed by atoms with Gasteiger partial charge in [-0.3, -0.25) is 0 Å². The fourth-order valence-corrected chi connectivity index (χ4v) is 9.28. The molecule has 11 rings (SSSR count). The Balaban J connectivity index is 1.05. The number of aryl methyl sites for hydroxylation is 1. The number of para-hydroxylation sites is 2. The normalized spacial score (nSPS) is 11.8. The molecule has 0 N–H and O–H groups in total. The fourth-order valence-electron chi connectivity index (χ4n) is 9.28. The Morgan fingerprint density at radius 2 is 1.18 bits per heavy atom. The summed E-state index contributed by atoms with van der Waals surface area (Å²) in [6.45, 7) is 6.43. The van der Waals surface area contributed by atoms with E-state index in [1.165, 1.54) is 33.0 Å². The van der Waals surface area contributed by atoms with E-state index in [2.05, 4.69) is 241 Å². The van der Waals surface area contributed by atoms with Crippen molar-refractivity contribution in [3.05, 3.63) is 248 Å². The van der Waals surface area contributed by atoms with Crippen molar-refractivity contribution in [3.8, 4) is 27.9 Å². The Bertz CT molecular complexity index is 3460. The van der Waals surface area contributed by atoms with E-state index in [9.17, 15) is 0 Å². The number of furan rings is 1. The molecule has 11 aromatic rings. The molecule has 9 aromatic carbocycles. The van der Waals surface area contributed by atoms with Crippen LogP contribution in [0.25, 0.3) is 77.1 Å². The van der Waals surface area contributed by atoms with E-state index in [0.717, 1.165) is 78.0 Å². The lowest BCUT2D eigenvalue weighted by molar-refractivity contribution is 0.673. The average Bonchev–Trinajstić information content (AvgIpc) is 3.87. The zero-order valence-corrected chi connectivity index (χ0v) is 34.4. The molecule has 0 spiro atoms. The Morgan fingerprint density at radius 1 is 0.532 bits per heavy atom. The maximum Gasteiger partial charge on any atom is 0.143 e. The van der Waals surface area contributed by atoms with Crippen molar-refractivity contribution in [2.45, 2.75) is 6.92 Å². The van der Waals surface area contributed by atoms with Crippen molar-refractivity contribution in [2.75, 3.05) is 4.90 Å². The monoisotopic (exact) mass is 794 g/mol. The number of benzene rings is 9. The summed E-state index contributed by atoms with van der Waals surface area (Å²) in [4.78, 5) is 2.35. The van der Waals surface area contributed by atoms with Crippen molar-refractivity contribution < 1.29 is 4.42 Å². The lowest BCUT2D eigenvalue weighted by atomic mass is 9.97. The lowest BCUT2D eigenvalue weighted by Crippen LogP contribution is -2.10. The second-order valence-corrected chi connectivity index (χ2v) is 15.8. The molecule has 0 atom stereocenters. The summed E-state index contributed by atoms with van der Waals surface area (Å²) in [5.74, 6) is 0. The molecule has 0 bridgehead atoms. The largest absolute Gasteiger partial charge is 0.455 e. The molecule has 0 fully saturated rings. The Kier molecular flexibility index (Phi) is 9.21. The first kappa shape index (κ1) is 36.9. The Hall–Kier alpha value is -8.14. The zero-order valence-electron chi connectivity index (χ0n) is 34.4. The van der Waals surface area contributed by atoms with Gasteiger partial charge < -0.3 is 13.9 Å². The van der Waals surface area contributed by atoms with Gasteiger partial charge in [-0.1, -0.05) is 164 Å². The molecule has 62 heavy (non-hydrogen) atoms. The highest BCUT2D eigenvalue weighted by atomic mass is 16.3. The molecule has 3 heteroatoms. The topological polar surface area (TPSA) is 21.3 Å². The summed E-state index contributed by atoms with van der Waals surface area (Å²) in [5, 5.41) is 5.78. The van der Waals surface area contributed by atoms with Gasteiger partial charge >= 0.3 is 0 Å². The molecule has 2 heterocycles. The number of hydrogen-bond acceptors (Lipinski definition) is 2. The van der Waals surface area contributed by atoms with Crippen molar-refractivity contribution in [3.63, 3.8) is 0 Å². The van der Waals surface area contributed by atoms with Crippen LogP contribution < -0.4 is 4.90 Å². The van der Waals surface area contributed by atoms with Gasteiger partial charge in [-0.15, -0.1) is 0 Å². The van der Waals surface area contributed by atoms with E-state index in [1.54, 1.807) is 0 Å². The maximum absolute atomic E-state index is 6.56. The molecule has 3 nitrogen and oxygen atoms in total. The predicted molar refractivity (Wildman–Crippen MR) is 262 cm³/mol. The molecule has 0 aliphatic heterocycles. The molecular weight excluding hydrogens is 753 g/mol. The SMILES string of the molecule is C=C/C=C(/c1cccc(N(c2ccc(-c3ccccc3)cc2)c2ccc(-c3cccc4oc5c6ccccc6ccc5c34)cc2)c1)c1c(C)c2ccccc2n1-c1ccccc1. The Labute approximate surface area is 361 Å². The van der Waals surface area contributed by atoms with Crippen LogP contribution >= 0.6 is 0 Å². The zero-order chi connectivity index (χ0) is 41.6. The van der Waals surface area contributed by atoms with Crippen molar-refractivity contribution >= 4 is 66.2 Å². The standard InChI is InChI=1S/C59H42N2O/c1-3-16-52(58-40(2)50-24-12-13-27-55(50)61(58)46-21-8-5-9-22-46)45-20-14-23-49(39-45)60(47-34-29-42(30-35-47)41-17-6-4-7-18-41)48-36-31-44(32-37-48)51-26-15-28-56-57(51)54-38-33-43-19-10-11-25-53(43)59(54)62-56/h3-39H,1H2,2H3/b52-16-. The van der Waals surface area contributed by atoms with Crippen LogP contribution in [0.1, 0.15) is 16.8 Å². The molecule has 0 aliphatic rings. The molecule has 0 amide bonds. The summed E-state index contributed by atoms with van der Waals surface area (Å²) in [5.41, 5.74) is 16.5. The summed E-state index contributed by atoms with van der Waals surface area (Å²) in [6.07, 6.45) is 4.05. The molecule has 0 aliphatic carbocycles. The van der Waals surface area contributed by atoms with Crippen molar-refractivity contribution in [1.29, 1.82) is 0 Å². The summed E-state index contributed by atoms with van der Waals surface area (Å²) >= 11 is 0. The number of aromatic nitrogens is 1. The van der Waals surface area contributed by atoms with E-state index in [0.29, 0.717) is 0 Å². The number of fused-ring (bicyclic) bond motifs is 6. The molecule has 2 aromatic heterocycles.